The second kappa shape index (κ2) is 12.7. The fourth-order valence-corrected chi connectivity index (χ4v) is 7.11. The number of Topliss-reactive ketones (excluding diaryl/α,β-unsaturated/α-hetero) is 1. The second-order valence-electron chi connectivity index (χ2n) is 15.3. The summed E-state index contributed by atoms with van der Waals surface area (Å²) in [6, 6.07) is -4.41. The first-order valence-electron chi connectivity index (χ1n) is 16.2. The summed E-state index contributed by atoms with van der Waals surface area (Å²) >= 11 is 0. The Labute approximate surface area is 260 Å². The Morgan fingerprint density at radius 1 is 0.955 bits per heavy atom. The molecule has 0 spiro atoms. The van der Waals surface area contributed by atoms with Crippen molar-refractivity contribution < 1.29 is 33.5 Å². The third-order valence-electron chi connectivity index (χ3n) is 10.3. The number of nitrogens with zero attached hydrogens (tertiary/aromatic N) is 1. The number of urea groups is 1. The van der Waals surface area contributed by atoms with Crippen LogP contribution in [0.1, 0.15) is 93.4 Å². The van der Waals surface area contributed by atoms with E-state index in [1.807, 2.05) is 20.8 Å². The molecule has 5 N–H and O–H groups in total. The Hall–Kier alpha value is -3.18. The molecule has 4 fully saturated rings. The van der Waals surface area contributed by atoms with Crippen molar-refractivity contribution in [1.29, 1.82) is 0 Å². The Morgan fingerprint density at radius 2 is 1.57 bits per heavy atom. The minimum absolute atomic E-state index is 0.0345. The van der Waals surface area contributed by atoms with Crippen molar-refractivity contribution in [2.75, 3.05) is 6.54 Å². The highest BCUT2D eigenvalue weighted by Gasteiger charge is 2.70. The monoisotopic (exact) mass is 617 g/mol. The number of hydrogen-bond donors (Lipinski definition) is 4. The zero-order valence-corrected chi connectivity index (χ0v) is 27.2. The molecule has 6 atom stereocenters. The average molecular weight is 618 g/mol. The minimum atomic E-state index is -1.10. The number of carbonyl (C=O) groups excluding carboxylic acids is 6. The minimum Gasteiger partial charge on any atom is -0.461 e. The third-order valence-corrected chi connectivity index (χ3v) is 10.3. The van der Waals surface area contributed by atoms with Crippen molar-refractivity contribution in [3.8, 4) is 0 Å². The van der Waals surface area contributed by atoms with Crippen LogP contribution in [-0.4, -0.2) is 77.2 Å². The van der Waals surface area contributed by atoms with Gasteiger partial charge in [0.2, 0.25) is 17.6 Å². The number of primary amides is 1. The number of ketones is 1. The predicted octanol–water partition coefficient (Wildman–Crippen LogP) is 2.03. The van der Waals surface area contributed by atoms with Crippen LogP contribution < -0.4 is 21.7 Å². The normalized spacial score (nSPS) is 26.3. The molecule has 0 bridgehead atoms. The van der Waals surface area contributed by atoms with Crippen molar-refractivity contribution in [2.24, 2.45) is 40.2 Å². The lowest BCUT2D eigenvalue weighted by Crippen LogP contribution is -2.62. The number of ether oxygens (including phenoxy) is 1. The number of piperidine rings is 1. The second-order valence-corrected chi connectivity index (χ2v) is 15.3. The molecule has 246 valence electrons. The van der Waals surface area contributed by atoms with E-state index in [0.717, 1.165) is 38.5 Å². The fourth-order valence-electron chi connectivity index (χ4n) is 7.11. The molecule has 12 nitrogen and oxygen atoms in total. The number of hydrogen-bond acceptors (Lipinski definition) is 7. The number of rotatable bonds is 12. The van der Waals surface area contributed by atoms with Crippen molar-refractivity contribution in [1.82, 2.24) is 20.9 Å². The van der Waals surface area contributed by atoms with Gasteiger partial charge in [-0.2, -0.15) is 0 Å². The van der Waals surface area contributed by atoms with Crippen LogP contribution in [0.4, 0.5) is 4.79 Å². The van der Waals surface area contributed by atoms with Gasteiger partial charge in [0.15, 0.2) is 0 Å². The molecule has 4 aliphatic rings. The molecule has 12 heteroatoms. The molecule has 0 radical (unpaired) electrons. The van der Waals surface area contributed by atoms with Crippen molar-refractivity contribution in [3.05, 3.63) is 0 Å². The van der Waals surface area contributed by atoms with E-state index in [2.05, 4.69) is 29.8 Å². The highest BCUT2D eigenvalue weighted by Crippen LogP contribution is 2.65. The predicted molar refractivity (Wildman–Crippen MR) is 162 cm³/mol. The smallest absolute Gasteiger partial charge is 0.329 e. The van der Waals surface area contributed by atoms with Crippen LogP contribution in [0.25, 0.3) is 0 Å². The molecule has 44 heavy (non-hydrogen) atoms. The lowest BCUT2D eigenvalue weighted by atomic mass is 9.79. The van der Waals surface area contributed by atoms with Gasteiger partial charge in [0.05, 0.1) is 12.1 Å². The van der Waals surface area contributed by atoms with Gasteiger partial charge in [0, 0.05) is 6.54 Å². The molecule has 0 aromatic carbocycles. The van der Waals surface area contributed by atoms with E-state index in [1.165, 1.54) is 4.90 Å². The van der Waals surface area contributed by atoms with Gasteiger partial charge >= 0.3 is 12.0 Å². The Kier molecular flexibility index (Phi) is 9.71. The maximum atomic E-state index is 14.2. The summed E-state index contributed by atoms with van der Waals surface area (Å²) < 4.78 is 5.39. The molecule has 5 amide bonds. The Bertz CT molecular complexity index is 1170. The van der Waals surface area contributed by atoms with Crippen molar-refractivity contribution in [2.45, 2.75) is 124 Å². The van der Waals surface area contributed by atoms with Crippen molar-refractivity contribution in [3.63, 3.8) is 0 Å². The average Bonchev–Trinajstić information content (AvgIpc) is 3.18. The van der Waals surface area contributed by atoms with E-state index in [1.54, 1.807) is 13.8 Å². The molecule has 1 heterocycles. The number of likely N-dealkylation sites (tertiary alicyclic amines) is 1. The van der Waals surface area contributed by atoms with E-state index in [0.29, 0.717) is 13.0 Å². The van der Waals surface area contributed by atoms with E-state index in [4.69, 9.17) is 10.5 Å². The maximum Gasteiger partial charge on any atom is 0.329 e. The SMILES string of the molecule is CC(C)OC(=O)[C@@H](NC(=O)N[C@H](C(=O)N1C[C@H]2[C@@H]([C@H]1C(=O)NC(CC1CCC1)C(=O)C(N)=O)C2(C)C)C(C)(C)C)C1CCC1. The summed E-state index contributed by atoms with van der Waals surface area (Å²) in [7, 11) is 0. The number of carbonyl (C=O) groups is 6. The lowest BCUT2D eigenvalue weighted by Gasteiger charge is -2.39. The molecule has 3 aliphatic carbocycles. The summed E-state index contributed by atoms with van der Waals surface area (Å²) in [6.07, 6.45) is 5.43. The molecule has 1 saturated heterocycles. The number of nitrogens with one attached hydrogen (secondary N) is 3. The van der Waals surface area contributed by atoms with Gasteiger partial charge in [-0.1, -0.05) is 60.3 Å². The van der Waals surface area contributed by atoms with Gasteiger partial charge < -0.3 is 31.3 Å². The summed E-state index contributed by atoms with van der Waals surface area (Å²) in [5.41, 5.74) is 4.39. The summed E-state index contributed by atoms with van der Waals surface area (Å²) in [4.78, 5) is 80.2. The zero-order valence-electron chi connectivity index (χ0n) is 27.2. The van der Waals surface area contributed by atoms with Crippen LogP contribution in [0.15, 0.2) is 0 Å². The zero-order chi connectivity index (χ0) is 32.7. The van der Waals surface area contributed by atoms with Gasteiger partial charge in [0.25, 0.3) is 5.91 Å². The number of nitrogens with two attached hydrogens (primary N) is 1. The van der Waals surface area contributed by atoms with Crippen LogP contribution in [-0.2, 0) is 28.7 Å². The first kappa shape index (κ1) is 33.7. The Balaban J connectivity index is 1.51. The fraction of sp³-hybridized carbons (Fsp3) is 0.812. The molecule has 1 unspecified atom stereocenters. The largest absolute Gasteiger partial charge is 0.461 e. The van der Waals surface area contributed by atoms with Crippen LogP contribution >= 0.6 is 0 Å². The highest BCUT2D eigenvalue weighted by molar-refractivity contribution is 6.37. The van der Waals surface area contributed by atoms with Crippen LogP contribution in [0.3, 0.4) is 0 Å². The highest BCUT2D eigenvalue weighted by atomic mass is 16.5. The van der Waals surface area contributed by atoms with Crippen LogP contribution in [0, 0.1) is 34.5 Å². The molecule has 3 saturated carbocycles. The molecule has 0 aromatic heterocycles. The van der Waals surface area contributed by atoms with Crippen LogP contribution in [0.5, 0.6) is 0 Å². The molecular formula is C32H51N5O7. The van der Waals surface area contributed by atoms with Crippen LogP contribution in [0.2, 0.25) is 0 Å². The molecule has 4 rings (SSSR count). The third kappa shape index (κ3) is 7.04. The number of esters is 1. The van der Waals surface area contributed by atoms with Gasteiger partial charge in [0.1, 0.15) is 18.1 Å². The number of fused-ring (bicyclic) bond motifs is 1. The van der Waals surface area contributed by atoms with E-state index < -0.39 is 65.1 Å². The summed E-state index contributed by atoms with van der Waals surface area (Å²) in [5, 5.41) is 8.35. The summed E-state index contributed by atoms with van der Waals surface area (Å²) in [5.74, 6) is -3.22. The van der Waals surface area contributed by atoms with E-state index >= 15 is 0 Å². The lowest BCUT2D eigenvalue weighted by molar-refractivity contribution is -0.152. The molecular weight excluding hydrogens is 566 g/mol. The maximum absolute atomic E-state index is 14.2. The van der Waals surface area contributed by atoms with E-state index in [9.17, 15) is 28.8 Å². The van der Waals surface area contributed by atoms with E-state index in [-0.39, 0.29) is 35.2 Å². The van der Waals surface area contributed by atoms with Gasteiger partial charge in [-0.3, -0.25) is 19.2 Å². The number of amides is 5. The standard InChI is InChI=1S/C32H51N5O7/c1-16(2)44-29(42)22(18-12-9-13-18)35-30(43)36-25(31(3,4)5)28(41)37-15-19-21(32(19,6)7)23(37)27(40)34-20(24(38)26(33)39)14-17-10-8-11-17/h16-23,25H,8-15H2,1-7H3,(H2,33,39)(H,34,40)(H2,35,36,43)/t19-,20?,21-,22-,23-,25+/m0/s1. The quantitative estimate of drug-likeness (QED) is 0.191. The topological polar surface area (TPSA) is 177 Å². The Morgan fingerprint density at radius 3 is 2.05 bits per heavy atom. The first-order valence-corrected chi connectivity index (χ1v) is 16.2. The van der Waals surface area contributed by atoms with Gasteiger partial charge in [-0.05, 0) is 67.6 Å². The first-order chi connectivity index (χ1) is 20.4. The van der Waals surface area contributed by atoms with Crippen molar-refractivity contribution >= 4 is 35.5 Å². The van der Waals surface area contributed by atoms with Gasteiger partial charge in [-0.25, -0.2) is 9.59 Å². The summed E-state index contributed by atoms with van der Waals surface area (Å²) in [6.45, 7) is 13.4. The molecule has 0 aromatic rings. The van der Waals surface area contributed by atoms with Gasteiger partial charge in [-0.15, -0.1) is 0 Å². The molecule has 1 aliphatic heterocycles.